The lowest BCUT2D eigenvalue weighted by atomic mass is 10.1. The fourth-order valence-corrected chi connectivity index (χ4v) is 2.82. The first-order valence-electron chi connectivity index (χ1n) is 5.37. The molecule has 2 aromatic rings. The van der Waals surface area contributed by atoms with Crippen LogP contribution in [0.4, 0.5) is 5.69 Å². The van der Waals surface area contributed by atoms with E-state index < -0.39 is 36.8 Å². The Morgan fingerprint density at radius 3 is 2.43 bits per heavy atom. The molecule has 2 rings (SSSR count). The quantitative estimate of drug-likeness (QED) is 0.474. The SMILES string of the molecule is Cc1nc(-c2cc(O)c(O)c([N+](=O)[O-])c2S(C)(=O)=O)no1. The fourth-order valence-electron chi connectivity index (χ4n) is 1.75. The predicted molar refractivity (Wildman–Crippen MR) is 67.6 cm³/mol. The molecular weight excluding hydrogens is 306 g/mol. The molecule has 0 atom stereocenters. The number of hydrogen-bond donors (Lipinski definition) is 2. The van der Waals surface area contributed by atoms with Crippen LogP contribution in [0, 0.1) is 17.0 Å². The summed E-state index contributed by atoms with van der Waals surface area (Å²) >= 11 is 0. The van der Waals surface area contributed by atoms with Crippen molar-refractivity contribution in [1.29, 1.82) is 0 Å². The van der Waals surface area contributed by atoms with Crippen LogP contribution in [0.25, 0.3) is 11.4 Å². The third-order valence-corrected chi connectivity index (χ3v) is 3.68. The number of phenols is 2. The zero-order chi connectivity index (χ0) is 15.9. The normalized spacial score (nSPS) is 11.5. The van der Waals surface area contributed by atoms with Crippen molar-refractivity contribution in [2.24, 2.45) is 0 Å². The van der Waals surface area contributed by atoms with E-state index in [4.69, 9.17) is 0 Å². The van der Waals surface area contributed by atoms with E-state index in [-0.39, 0.29) is 17.3 Å². The summed E-state index contributed by atoms with van der Waals surface area (Å²) in [6.07, 6.45) is 0.724. The molecule has 0 aliphatic carbocycles. The van der Waals surface area contributed by atoms with Crippen molar-refractivity contribution in [3.05, 3.63) is 22.1 Å². The summed E-state index contributed by atoms with van der Waals surface area (Å²) in [5.74, 6) is -2.18. The number of aromatic hydroxyl groups is 2. The summed E-state index contributed by atoms with van der Waals surface area (Å²) < 4.78 is 28.4. The van der Waals surface area contributed by atoms with Gasteiger partial charge in [0.2, 0.25) is 17.5 Å². The van der Waals surface area contributed by atoms with E-state index >= 15 is 0 Å². The third-order valence-electron chi connectivity index (χ3n) is 2.53. The molecule has 10 nitrogen and oxygen atoms in total. The Morgan fingerprint density at radius 2 is 2.00 bits per heavy atom. The predicted octanol–water partition coefficient (Wildman–Crippen LogP) is 0.768. The maximum atomic E-state index is 11.8. The zero-order valence-electron chi connectivity index (χ0n) is 10.8. The Morgan fingerprint density at radius 1 is 1.38 bits per heavy atom. The Kier molecular flexibility index (Phi) is 3.29. The number of nitro groups is 1. The lowest BCUT2D eigenvalue weighted by molar-refractivity contribution is -0.388. The lowest BCUT2D eigenvalue weighted by Gasteiger charge is -2.08. The van der Waals surface area contributed by atoms with Crippen LogP contribution in [0.2, 0.25) is 0 Å². The molecule has 0 amide bonds. The van der Waals surface area contributed by atoms with E-state index in [2.05, 4.69) is 14.7 Å². The van der Waals surface area contributed by atoms with Gasteiger partial charge in [-0.1, -0.05) is 5.16 Å². The highest BCUT2D eigenvalue weighted by molar-refractivity contribution is 7.91. The fraction of sp³-hybridized carbons (Fsp3) is 0.200. The number of benzene rings is 1. The van der Waals surface area contributed by atoms with Gasteiger partial charge in [0.15, 0.2) is 20.5 Å². The van der Waals surface area contributed by atoms with E-state index in [1.165, 1.54) is 6.92 Å². The summed E-state index contributed by atoms with van der Waals surface area (Å²) in [6.45, 7) is 1.44. The summed E-state index contributed by atoms with van der Waals surface area (Å²) in [7, 11) is -4.12. The molecule has 0 spiro atoms. The number of nitrogens with zero attached hydrogens (tertiary/aromatic N) is 3. The minimum atomic E-state index is -4.12. The number of sulfone groups is 1. The van der Waals surface area contributed by atoms with Gasteiger partial charge >= 0.3 is 5.69 Å². The van der Waals surface area contributed by atoms with E-state index in [1.807, 2.05) is 0 Å². The van der Waals surface area contributed by atoms with E-state index in [1.54, 1.807) is 0 Å². The molecule has 0 aliphatic rings. The first kappa shape index (κ1) is 14.7. The second-order valence-electron chi connectivity index (χ2n) is 4.14. The van der Waals surface area contributed by atoms with Gasteiger partial charge in [-0.05, 0) is 6.07 Å². The van der Waals surface area contributed by atoms with Crippen LogP contribution in [0.1, 0.15) is 5.89 Å². The maximum Gasteiger partial charge on any atom is 0.333 e. The molecule has 1 heterocycles. The molecular formula is C10H9N3O7S. The molecule has 1 aromatic heterocycles. The van der Waals surface area contributed by atoms with Crippen molar-refractivity contribution in [2.75, 3.05) is 6.26 Å². The van der Waals surface area contributed by atoms with Crippen LogP contribution in [0.5, 0.6) is 11.5 Å². The number of aromatic nitrogens is 2. The molecule has 2 N–H and O–H groups in total. The van der Waals surface area contributed by atoms with E-state index in [0.717, 1.165) is 12.3 Å². The zero-order valence-corrected chi connectivity index (χ0v) is 11.6. The van der Waals surface area contributed by atoms with Crippen LogP contribution in [0.15, 0.2) is 15.5 Å². The van der Waals surface area contributed by atoms with Crippen molar-refractivity contribution in [3.63, 3.8) is 0 Å². The summed E-state index contributed by atoms with van der Waals surface area (Å²) in [5.41, 5.74) is -1.48. The first-order chi connectivity index (χ1) is 9.62. The highest BCUT2D eigenvalue weighted by Crippen LogP contribution is 2.45. The Bertz CT molecular complexity index is 841. The second kappa shape index (κ2) is 4.70. The average molecular weight is 315 g/mol. The lowest BCUT2D eigenvalue weighted by Crippen LogP contribution is -2.06. The first-order valence-corrected chi connectivity index (χ1v) is 7.26. The summed E-state index contributed by atoms with van der Waals surface area (Å²) in [6, 6.07) is 0.822. The number of nitro benzene ring substituents is 1. The van der Waals surface area contributed by atoms with Crippen molar-refractivity contribution in [2.45, 2.75) is 11.8 Å². The molecule has 0 fully saturated rings. The van der Waals surface area contributed by atoms with Crippen LogP contribution in [-0.2, 0) is 9.84 Å². The van der Waals surface area contributed by atoms with E-state index in [9.17, 15) is 28.7 Å². The van der Waals surface area contributed by atoms with Crippen LogP contribution < -0.4 is 0 Å². The molecule has 1 aromatic carbocycles. The molecule has 0 saturated carbocycles. The van der Waals surface area contributed by atoms with Gasteiger partial charge in [0.05, 0.1) is 10.5 Å². The molecule has 0 unspecified atom stereocenters. The van der Waals surface area contributed by atoms with Gasteiger partial charge in [-0.15, -0.1) is 0 Å². The summed E-state index contributed by atoms with van der Waals surface area (Å²) in [5, 5.41) is 33.6. The van der Waals surface area contributed by atoms with Gasteiger partial charge in [0.1, 0.15) is 0 Å². The molecule has 21 heavy (non-hydrogen) atoms. The highest BCUT2D eigenvalue weighted by Gasteiger charge is 2.34. The van der Waals surface area contributed by atoms with Crippen molar-refractivity contribution in [3.8, 4) is 22.9 Å². The number of hydrogen-bond acceptors (Lipinski definition) is 9. The monoisotopic (exact) mass is 315 g/mol. The molecule has 112 valence electrons. The molecule has 0 radical (unpaired) electrons. The third kappa shape index (κ3) is 2.50. The largest absolute Gasteiger partial charge is 0.504 e. The van der Waals surface area contributed by atoms with Crippen molar-refractivity contribution in [1.82, 2.24) is 10.1 Å². The smallest absolute Gasteiger partial charge is 0.333 e. The van der Waals surface area contributed by atoms with Gasteiger partial charge in [0, 0.05) is 13.2 Å². The maximum absolute atomic E-state index is 11.8. The topological polar surface area (TPSA) is 157 Å². The van der Waals surface area contributed by atoms with Crippen molar-refractivity contribution >= 4 is 15.5 Å². The van der Waals surface area contributed by atoms with Gasteiger partial charge in [-0.25, -0.2) is 8.42 Å². The minimum Gasteiger partial charge on any atom is -0.504 e. The number of phenolic OH excluding ortho intramolecular Hbond substituents is 2. The molecule has 11 heteroatoms. The Hall–Kier alpha value is -2.69. The van der Waals surface area contributed by atoms with Gasteiger partial charge in [0.25, 0.3) is 0 Å². The Balaban J connectivity index is 2.98. The number of rotatable bonds is 3. The van der Waals surface area contributed by atoms with Gasteiger partial charge in [-0.3, -0.25) is 10.1 Å². The second-order valence-corrected chi connectivity index (χ2v) is 6.09. The van der Waals surface area contributed by atoms with E-state index in [0.29, 0.717) is 0 Å². The van der Waals surface area contributed by atoms with Crippen molar-refractivity contribution < 1.29 is 28.1 Å². The van der Waals surface area contributed by atoms with Crippen LogP contribution in [-0.4, -0.2) is 40.0 Å². The number of aryl methyl sites for hydroxylation is 1. The molecule has 0 saturated heterocycles. The minimum absolute atomic E-state index is 0.0969. The van der Waals surface area contributed by atoms with Crippen LogP contribution >= 0.6 is 0 Å². The summed E-state index contributed by atoms with van der Waals surface area (Å²) in [4.78, 5) is 12.9. The molecule has 0 bridgehead atoms. The van der Waals surface area contributed by atoms with Gasteiger partial charge in [-0.2, -0.15) is 4.98 Å². The van der Waals surface area contributed by atoms with Gasteiger partial charge < -0.3 is 14.7 Å². The standard InChI is InChI=1S/C10H9N3O7S/c1-4-11-10(12-20-4)5-3-6(14)8(15)7(13(16)17)9(5)21(2,18)19/h3,14-15H,1-2H3. The Labute approximate surface area is 117 Å². The highest BCUT2D eigenvalue weighted by atomic mass is 32.2. The average Bonchev–Trinajstić information content (AvgIpc) is 2.76. The molecule has 0 aliphatic heterocycles. The van der Waals surface area contributed by atoms with Crippen LogP contribution in [0.3, 0.4) is 0 Å².